The molecular weight excluding hydrogens is 366 g/mol. The van der Waals surface area contributed by atoms with Gasteiger partial charge >= 0.3 is 0 Å². The van der Waals surface area contributed by atoms with Crippen LogP contribution in [0.1, 0.15) is 57.1 Å². The van der Waals surface area contributed by atoms with Crippen molar-refractivity contribution in [3.8, 4) is 22.8 Å². The van der Waals surface area contributed by atoms with Gasteiger partial charge in [0.05, 0.1) is 19.4 Å². The van der Waals surface area contributed by atoms with Gasteiger partial charge in [-0.1, -0.05) is 20.3 Å². The molecule has 2 atom stereocenters. The molecule has 1 aromatic carbocycles. The lowest BCUT2D eigenvalue weighted by molar-refractivity contribution is 0.117. The van der Waals surface area contributed by atoms with Gasteiger partial charge in [-0.25, -0.2) is 0 Å². The highest BCUT2D eigenvalue weighted by Crippen LogP contribution is 2.57. The van der Waals surface area contributed by atoms with Gasteiger partial charge < -0.3 is 18.8 Å². The maximum absolute atomic E-state index is 12.2. The average molecular weight is 398 g/mol. The van der Waals surface area contributed by atoms with Gasteiger partial charge in [-0.3, -0.25) is 4.79 Å². The quantitative estimate of drug-likeness (QED) is 0.658. The minimum Gasteiger partial charge on any atom is -0.493 e. The summed E-state index contributed by atoms with van der Waals surface area (Å²) in [6.45, 7) is 5.95. The van der Waals surface area contributed by atoms with E-state index in [2.05, 4.69) is 24.5 Å². The van der Waals surface area contributed by atoms with Gasteiger partial charge in [-0.15, -0.1) is 0 Å². The van der Waals surface area contributed by atoms with E-state index in [4.69, 9.17) is 14.2 Å². The monoisotopic (exact) mass is 397 g/mol. The van der Waals surface area contributed by atoms with Crippen molar-refractivity contribution >= 4 is 0 Å². The number of rotatable bonds is 6. The maximum Gasteiger partial charge on any atom is 0.182 e. The summed E-state index contributed by atoms with van der Waals surface area (Å²) in [5.41, 5.74) is 3.53. The van der Waals surface area contributed by atoms with Crippen LogP contribution in [0.3, 0.4) is 0 Å². The number of hydrogen-bond donors (Lipinski definition) is 0. The van der Waals surface area contributed by atoms with Crippen LogP contribution < -0.4 is 14.9 Å². The Morgan fingerprint density at radius 2 is 1.97 bits per heavy atom. The second-order valence-electron chi connectivity index (χ2n) is 8.87. The third-order valence-electron chi connectivity index (χ3n) is 6.54. The Morgan fingerprint density at radius 1 is 1.14 bits per heavy atom. The number of aromatic nitrogens is 1. The van der Waals surface area contributed by atoms with Crippen LogP contribution in [0.4, 0.5) is 0 Å². The Balaban J connectivity index is 1.84. The number of methoxy groups -OCH3 is 2. The second kappa shape index (κ2) is 7.86. The van der Waals surface area contributed by atoms with Crippen LogP contribution in [-0.4, -0.2) is 32.0 Å². The zero-order valence-corrected chi connectivity index (χ0v) is 17.9. The predicted octanol–water partition coefficient (Wildman–Crippen LogP) is 4.79. The molecule has 0 spiro atoms. The molecule has 29 heavy (non-hydrogen) atoms. The SMILES string of the molecule is COCCCOc1cc2c(cc1OC)-c1cc(=O)ccn1C1C2CCCC1(C)C. The van der Waals surface area contributed by atoms with Crippen molar-refractivity contribution in [1.29, 1.82) is 0 Å². The molecule has 2 unspecified atom stereocenters. The molecule has 2 aliphatic rings. The lowest BCUT2D eigenvalue weighted by Gasteiger charge is -2.49. The Kier molecular flexibility index (Phi) is 5.43. The van der Waals surface area contributed by atoms with Crippen molar-refractivity contribution in [3.05, 3.63) is 46.2 Å². The molecule has 0 bridgehead atoms. The summed E-state index contributed by atoms with van der Waals surface area (Å²) in [4.78, 5) is 12.2. The van der Waals surface area contributed by atoms with Crippen LogP contribution in [0.5, 0.6) is 11.5 Å². The van der Waals surface area contributed by atoms with E-state index in [1.165, 1.54) is 18.4 Å². The third kappa shape index (κ3) is 3.57. The number of nitrogens with zero attached hydrogens (tertiary/aromatic N) is 1. The summed E-state index contributed by atoms with van der Waals surface area (Å²) >= 11 is 0. The van der Waals surface area contributed by atoms with Crippen LogP contribution in [0.2, 0.25) is 0 Å². The maximum atomic E-state index is 12.2. The summed E-state index contributed by atoms with van der Waals surface area (Å²) in [5, 5.41) is 0. The first-order chi connectivity index (χ1) is 14.0. The van der Waals surface area contributed by atoms with Crippen LogP contribution in [0.25, 0.3) is 11.3 Å². The average Bonchev–Trinajstić information content (AvgIpc) is 2.70. The number of fused-ring (bicyclic) bond motifs is 6. The highest BCUT2D eigenvalue weighted by Gasteiger charge is 2.44. The van der Waals surface area contributed by atoms with E-state index in [1.54, 1.807) is 26.4 Å². The molecule has 0 radical (unpaired) electrons. The van der Waals surface area contributed by atoms with Crippen molar-refractivity contribution < 1.29 is 14.2 Å². The Morgan fingerprint density at radius 3 is 2.72 bits per heavy atom. The van der Waals surface area contributed by atoms with E-state index < -0.39 is 0 Å². The van der Waals surface area contributed by atoms with Crippen molar-refractivity contribution in [2.75, 3.05) is 27.4 Å². The molecule has 5 heteroatoms. The fourth-order valence-electron chi connectivity index (χ4n) is 5.24. The van der Waals surface area contributed by atoms with Crippen molar-refractivity contribution in [2.45, 2.75) is 51.5 Å². The smallest absolute Gasteiger partial charge is 0.182 e. The summed E-state index contributed by atoms with van der Waals surface area (Å²) in [6.07, 6.45) is 6.34. The molecule has 4 rings (SSSR count). The topological polar surface area (TPSA) is 49.7 Å². The lowest BCUT2D eigenvalue weighted by Crippen LogP contribution is -2.39. The number of pyridine rings is 1. The van der Waals surface area contributed by atoms with Gasteiger partial charge in [0, 0.05) is 56.0 Å². The van der Waals surface area contributed by atoms with Crippen molar-refractivity contribution in [3.63, 3.8) is 0 Å². The van der Waals surface area contributed by atoms with E-state index in [0.29, 0.717) is 30.9 Å². The Labute approximate surface area is 172 Å². The van der Waals surface area contributed by atoms with Crippen LogP contribution in [-0.2, 0) is 4.74 Å². The summed E-state index contributed by atoms with van der Waals surface area (Å²) in [6, 6.07) is 7.97. The molecule has 5 nitrogen and oxygen atoms in total. The van der Waals surface area contributed by atoms with Gasteiger partial charge in [0.15, 0.2) is 16.9 Å². The van der Waals surface area contributed by atoms with Crippen molar-refractivity contribution in [2.24, 2.45) is 5.41 Å². The van der Waals surface area contributed by atoms with Crippen molar-refractivity contribution in [1.82, 2.24) is 4.57 Å². The molecule has 156 valence electrons. The molecule has 1 fully saturated rings. The summed E-state index contributed by atoms with van der Waals surface area (Å²) in [5.74, 6) is 1.88. The first kappa shape index (κ1) is 20.0. The minimum atomic E-state index is 0.0353. The standard InChI is InChI=1S/C24H31NO4/c1-24(2)9-5-7-17-18-14-22(29-12-6-11-27-3)21(28-4)15-19(18)20-13-16(26)8-10-25(20)23(17)24/h8,10,13-15,17,23H,5-7,9,11-12H2,1-4H3. The normalized spacial score (nSPS) is 21.7. The third-order valence-corrected chi connectivity index (χ3v) is 6.54. The molecule has 1 aliphatic carbocycles. The summed E-state index contributed by atoms with van der Waals surface area (Å²) < 4.78 is 19.2. The molecular formula is C24H31NO4. The molecule has 2 heterocycles. The second-order valence-corrected chi connectivity index (χ2v) is 8.87. The molecule has 1 aromatic heterocycles. The molecule has 1 aliphatic heterocycles. The molecule has 0 saturated heterocycles. The molecule has 2 aromatic rings. The Bertz CT molecular complexity index is 946. The van der Waals surface area contributed by atoms with E-state index >= 15 is 0 Å². The zero-order valence-electron chi connectivity index (χ0n) is 17.9. The largest absolute Gasteiger partial charge is 0.493 e. The summed E-state index contributed by atoms with van der Waals surface area (Å²) in [7, 11) is 3.36. The molecule has 0 N–H and O–H groups in total. The van der Waals surface area contributed by atoms with Gasteiger partial charge in [0.2, 0.25) is 0 Å². The first-order valence-corrected chi connectivity index (χ1v) is 10.5. The highest BCUT2D eigenvalue weighted by atomic mass is 16.5. The van der Waals surface area contributed by atoms with Gasteiger partial charge in [0.1, 0.15) is 0 Å². The van der Waals surface area contributed by atoms with E-state index in [9.17, 15) is 4.79 Å². The van der Waals surface area contributed by atoms with Gasteiger partial charge in [-0.05, 0) is 36.0 Å². The van der Waals surface area contributed by atoms with Gasteiger partial charge in [0.25, 0.3) is 0 Å². The van der Waals surface area contributed by atoms with Gasteiger partial charge in [-0.2, -0.15) is 0 Å². The fourth-order valence-corrected chi connectivity index (χ4v) is 5.24. The number of ether oxygens (including phenoxy) is 3. The van der Waals surface area contributed by atoms with E-state index in [0.717, 1.165) is 29.8 Å². The van der Waals surface area contributed by atoms with Crippen LogP contribution in [0, 0.1) is 5.41 Å². The van der Waals surface area contributed by atoms with Crippen LogP contribution >= 0.6 is 0 Å². The Hall–Kier alpha value is -2.27. The number of benzene rings is 1. The van der Waals surface area contributed by atoms with E-state index in [1.807, 2.05) is 12.3 Å². The zero-order chi connectivity index (χ0) is 20.6. The van der Waals surface area contributed by atoms with Crippen LogP contribution in [0.15, 0.2) is 35.3 Å². The highest BCUT2D eigenvalue weighted by molar-refractivity contribution is 5.72. The minimum absolute atomic E-state index is 0.0353. The molecule has 0 amide bonds. The number of hydrogen-bond acceptors (Lipinski definition) is 4. The fraction of sp³-hybridized carbons (Fsp3) is 0.542. The predicted molar refractivity (Wildman–Crippen MR) is 114 cm³/mol. The molecule has 1 saturated carbocycles. The lowest BCUT2D eigenvalue weighted by atomic mass is 9.63. The van der Waals surface area contributed by atoms with E-state index in [-0.39, 0.29) is 10.8 Å². The first-order valence-electron chi connectivity index (χ1n) is 10.5.